The lowest BCUT2D eigenvalue weighted by Crippen LogP contribution is -2.22. The highest BCUT2D eigenvalue weighted by Crippen LogP contribution is 2.32. The molecule has 0 spiro atoms. The van der Waals surface area contributed by atoms with Gasteiger partial charge in [-0.15, -0.1) is 0 Å². The zero-order chi connectivity index (χ0) is 18.4. The maximum atomic E-state index is 13.4. The van der Waals surface area contributed by atoms with Gasteiger partial charge in [-0.05, 0) is 30.3 Å². The van der Waals surface area contributed by atoms with Gasteiger partial charge in [0.25, 0.3) is 5.91 Å². The Morgan fingerprint density at radius 1 is 1.16 bits per heavy atom. The number of fused-ring (bicyclic) bond motifs is 1. The Balaban J connectivity index is 2.30. The molecule has 0 fully saturated rings. The van der Waals surface area contributed by atoms with Crippen LogP contribution in [-0.4, -0.2) is 39.5 Å². The minimum atomic E-state index is -4.71. The van der Waals surface area contributed by atoms with Crippen LogP contribution in [0.5, 0.6) is 0 Å². The summed E-state index contributed by atoms with van der Waals surface area (Å²) in [5.74, 6) is -1.04. The molecule has 1 amide bonds. The first kappa shape index (κ1) is 16.9. The van der Waals surface area contributed by atoms with Crippen molar-refractivity contribution in [2.24, 2.45) is 0 Å². The minimum absolute atomic E-state index is 0.0341. The van der Waals surface area contributed by atoms with E-state index in [0.29, 0.717) is 10.1 Å². The van der Waals surface area contributed by atoms with Crippen LogP contribution in [0.4, 0.5) is 17.6 Å². The molecule has 0 saturated carbocycles. The van der Waals surface area contributed by atoms with Gasteiger partial charge in [-0.3, -0.25) is 4.79 Å². The molecule has 3 aromatic rings. The van der Waals surface area contributed by atoms with Crippen molar-refractivity contribution in [2.75, 3.05) is 14.1 Å². The largest absolute Gasteiger partial charge is 0.433 e. The average Bonchev–Trinajstić information content (AvgIpc) is 2.96. The second kappa shape index (κ2) is 5.83. The number of halogens is 4. The van der Waals surface area contributed by atoms with Crippen molar-refractivity contribution in [1.82, 2.24) is 19.5 Å². The van der Waals surface area contributed by atoms with Crippen LogP contribution < -0.4 is 0 Å². The molecule has 0 atom stereocenters. The van der Waals surface area contributed by atoms with Crippen LogP contribution >= 0.6 is 0 Å². The molecule has 0 aliphatic carbocycles. The number of alkyl halides is 3. The highest BCUT2D eigenvalue weighted by molar-refractivity contribution is 5.99. The van der Waals surface area contributed by atoms with Crippen LogP contribution in [0.25, 0.3) is 16.9 Å². The molecule has 2 aromatic heterocycles. The molecule has 3 rings (SSSR count). The first-order valence-electron chi connectivity index (χ1n) is 7.12. The van der Waals surface area contributed by atoms with Crippen molar-refractivity contribution in [2.45, 2.75) is 6.18 Å². The number of amides is 1. The highest BCUT2D eigenvalue weighted by Gasteiger charge is 2.36. The maximum Gasteiger partial charge on any atom is 0.433 e. The van der Waals surface area contributed by atoms with Gasteiger partial charge in [0, 0.05) is 19.7 Å². The van der Waals surface area contributed by atoms with E-state index in [1.165, 1.54) is 31.1 Å². The molecule has 0 unspecified atom stereocenters. The Labute approximate surface area is 139 Å². The van der Waals surface area contributed by atoms with Crippen LogP contribution in [0.15, 0.2) is 36.5 Å². The predicted octanol–water partition coefficient (Wildman–Crippen LogP) is 3.26. The van der Waals surface area contributed by atoms with E-state index in [-0.39, 0.29) is 16.9 Å². The van der Waals surface area contributed by atoms with Crippen molar-refractivity contribution < 1.29 is 22.4 Å². The van der Waals surface area contributed by atoms with Gasteiger partial charge in [0.2, 0.25) is 0 Å². The predicted molar refractivity (Wildman–Crippen MR) is 81.4 cm³/mol. The summed E-state index contributed by atoms with van der Waals surface area (Å²) in [4.78, 5) is 17.5. The Morgan fingerprint density at radius 3 is 2.36 bits per heavy atom. The van der Waals surface area contributed by atoms with Gasteiger partial charge >= 0.3 is 6.18 Å². The molecule has 2 heterocycles. The van der Waals surface area contributed by atoms with E-state index in [4.69, 9.17) is 0 Å². The van der Waals surface area contributed by atoms with E-state index in [9.17, 15) is 22.4 Å². The molecule has 5 nitrogen and oxygen atoms in total. The van der Waals surface area contributed by atoms with E-state index in [0.717, 1.165) is 24.4 Å². The molecule has 0 bridgehead atoms. The molecule has 130 valence electrons. The molecule has 0 aliphatic rings. The molecular formula is C16H12F4N4O. The molecular weight excluding hydrogens is 340 g/mol. The number of carbonyl (C=O) groups excluding carboxylic acids is 1. The molecule has 9 heteroatoms. The molecule has 25 heavy (non-hydrogen) atoms. The smallest absolute Gasteiger partial charge is 0.345 e. The summed E-state index contributed by atoms with van der Waals surface area (Å²) in [6, 6.07) is 5.70. The van der Waals surface area contributed by atoms with Crippen LogP contribution in [0.1, 0.15) is 16.1 Å². The van der Waals surface area contributed by atoms with E-state index < -0.39 is 23.6 Å². The number of nitrogens with zero attached hydrogens (tertiary/aromatic N) is 4. The summed E-state index contributed by atoms with van der Waals surface area (Å²) in [7, 11) is 2.95. The third-order valence-corrected chi connectivity index (χ3v) is 3.54. The number of benzene rings is 1. The fraction of sp³-hybridized carbons (Fsp3) is 0.188. The first-order chi connectivity index (χ1) is 11.7. The minimum Gasteiger partial charge on any atom is -0.345 e. The lowest BCUT2D eigenvalue weighted by atomic mass is 10.1. The van der Waals surface area contributed by atoms with E-state index in [1.54, 1.807) is 0 Å². The van der Waals surface area contributed by atoms with Gasteiger partial charge < -0.3 is 4.90 Å². The van der Waals surface area contributed by atoms with Gasteiger partial charge in [-0.1, -0.05) is 0 Å². The third kappa shape index (κ3) is 3.04. The zero-order valence-electron chi connectivity index (χ0n) is 13.2. The van der Waals surface area contributed by atoms with Gasteiger partial charge in [0.15, 0.2) is 11.3 Å². The quantitative estimate of drug-likeness (QED) is 0.665. The van der Waals surface area contributed by atoms with Crippen molar-refractivity contribution in [3.05, 3.63) is 53.6 Å². The monoisotopic (exact) mass is 352 g/mol. The van der Waals surface area contributed by atoms with Crippen molar-refractivity contribution in [1.29, 1.82) is 0 Å². The Bertz CT molecular complexity index is 945. The second-order valence-electron chi connectivity index (χ2n) is 5.52. The Morgan fingerprint density at radius 2 is 1.80 bits per heavy atom. The van der Waals surface area contributed by atoms with Crippen LogP contribution in [0, 0.1) is 5.82 Å². The molecule has 0 radical (unpaired) electrons. The van der Waals surface area contributed by atoms with Crippen molar-refractivity contribution in [3.8, 4) is 11.3 Å². The Hall–Kier alpha value is -2.97. The van der Waals surface area contributed by atoms with E-state index >= 15 is 0 Å². The van der Waals surface area contributed by atoms with Gasteiger partial charge in [0.1, 0.15) is 11.4 Å². The molecule has 1 aromatic carbocycles. The maximum absolute atomic E-state index is 13.4. The number of rotatable bonds is 2. The second-order valence-corrected chi connectivity index (χ2v) is 5.52. The molecule has 0 aliphatic heterocycles. The molecule has 0 saturated heterocycles. The zero-order valence-corrected chi connectivity index (χ0v) is 13.2. The average molecular weight is 352 g/mol. The van der Waals surface area contributed by atoms with Gasteiger partial charge in [0.05, 0.1) is 11.9 Å². The van der Waals surface area contributed by atoms with Gasteiger partial charge in [-0.2, -0.15) is 18.3 Å². The lowest BCUT2D eigenvalue weighted by molar-refractivity contribution is -0.142. The van der Waals surface area contributed by atoms with E-state index in [2.05, 4.69) is 10.1 Å². The molecule has 0 N–H and O–H groups in total. The van der Waals surface area contributed by atoms with Gasteiger partial charge in [-0.25, -0.2) is 13.9 Å². The Kier molecular flexibility index (Phi) is 3.94. The highest BCUT2D eigenvalue weighted by atomic mass is 19.4. The fourth-order valence-corrected chi connectivity index (χ4v) is 2.33. The first-order valence-corrected chi connectivity index (χ1v) is 7.12. The summed E-state index contributed by atoms with van der Waals surface area (Å²) in [5, 5.41) is 3.66. The third-order valence-electron chi connectivity index (χ3n) is 3.54. The summed E-state index contributed by atoms with van der Waals surface area (Å²) in [5.41, 5.74) is -1.09. The summed E-state index contributed by atoms with van der Waals surface area (Å²) in [6.07, 6.45) is -3.66. The number of hydrogen-bond donors (Lipinski definition) is 0. The fourth-order valence-electron chi connectivity index (χ4n) is 2.33. The van der Waals surface area contributed by atoms with E-state index in [1.807, 2.05) is 0 Å². The SMILES string of the molecule is CN(C)C(=O)c1cnn2c(C(F)(F)F)cc(-c3ccc(F)cc3)nc12. The normalized spacial score (nSPS) is 11.8. The number of hydrogen-bond acceptors (Lipinski definition) is 3. The lowest BCUT2D eigenvalue weighted by Gasteiger charge is -2.12. The summed E-state index contributed by atoms with van der Waals surface area (Å²) in [6.45, 7) is 0. The standard InChI is InChI=1S/C16H12F4N4O/c1-23(2)15(25)11-8-21-24-13(16(18,19)20)7-12(22-14(11)24)9-3-5-10(17)6-4-9/h3-8H,1-2H3. The topological polar surface area (TPSA) is 50.5 Å². The van der Waals surface area contributed by atoms with Crippen molar-refractivity contribution in [3.63, 3.8) is 0 Å². The summed E-state index contributed by atoms with van der Waals surface area (Å²) < 4.78 is 53.9. The number of carbonyl (C=O) groups is 1. The van der Waals surface area contributed by atoms with Crippen molar-refractivity contribution >= 4 is 11.6 Å². The number of aromatic nitrogens is 3. The van der Waals surface area contributed by atoms with Crippen LogP contribution in [0.2, 0.25) is 0 Å². The van der Waals surface area contributed by atoms with Crippen LogP contribution in [-0.2, 0) is 6.18 Å². The summed E-state index contributed by atoms with van der Waals surface area (Å²) >= 11 is 0. The van der Waals surface area contributed by atoms with Crippen LogP contribution in [0.3, 0.4) is 0 Å².